The number of likely N-dealkylation sites (tertiary alicyclic amines) is 1. The first-order valence-electron chi connectivity index (χ1n) is 7.09. The number of carbonyl (C=O) groups is 2. The largest absolute Gasteiger partial charge is 0.338 e. The van der Waals surface area contributed by atoms with Crippen LogP contribution in [0.15, 0.2) is 18.2 Å². The zero-order chi connectivity index (χ0) is 14.1. The first-order valence-corrected chi connectivity index (χ1v) is 7.09. The van der Waals surface area contributed by atoms with Crippen LogP contribution in [0.25, 0.3) is 0 Å². The third kappa shape index (κ3) is 3.19. The Kier molecular flexibility index (Phi) is 4.85. The van der Waals surface area contributed by atoms with E-state index < -0.39 is 0 Å². The van der Waals surface area contributed by atoms with E-state index in [0.29, 0.717) is 30.9 Å². The monoisotopic (exact) mass is 309 g/mol. The summed E-state index contributed by atoms with van der Waals surface area (Å²) in [7, 11) is 0. The molecule has 114 valence electrons. The van der Waals surface area contributed by atoms with Crippen LogP contribution in [0.3, 0.4) is 0 Å². The lowest BCUT2D eigenvalue weighted by Crippen LogP contribution is -2.30. The Morgan fingerprint density at radius 3 is 2.90 bits per heavy atom. The van der Waals surface area contributed by atoms with Gasteiger partial charge in [-0.3, -0.25) is 9.59 Å². The Hall–Kier alpha value is -1.59. The number of benzene rings is 1. The fourth-order valence-electron chi connectivity index (χ4n) is 2.91. The number of fused-ring (bicyclic) bond motifs is 1. The SMILES string of the molecule is Cl.NCC1CCN(C(=O)c2ccc3c(c2)CCC(=O)N3)C1. The minimum absolute atomic E-state index is 0. The van der Waals surface area contributed by atoms with Crippen LogP contribution in [0.1, 0.15) is 28.8 Å². The third-order valence-electron chi connectivity index (χ3n) is 4.15. The Morgan fingerprint density at radius 1 is 1.38 bits per heavy atom. The molecular weight excluding hydrogens is 290 g/mol. The second-order valence-electron chi connectivity index (χ2n) is 5.56. The fraction of sp³-hybridized carbons (Fsp3) is 0.467. The lowest BCUT2D eigenvalue weighted by molar-refractivity contribution is -0.116. The third-order valence-corrected chi connectivity index (χ3v) is 4.15. The molecule has 5 nitrogen and oxygen atoms in total. The van der Waals surface area contributed by atoms with Gasteiger partial charge in [-0.15, -0.1) is 12.4 Å². The van der Waals surface area contributed by atoms with Gasteiger partial charge < -0.3 is 16.0 Å². The molecule has 1 atom stereocenters. The molecule has 1 aromatic rings. The number of carbonyl (C=O) groups excluding carboxylic acids is 2. The minimum atomic E-state index is 0. The molecule has 2 amide bonds. The molecule has 0 aliphatic carbocycles. The van der Waals surface area contributed by atoms with Crippen LogP contribution in [0.4, 0.5) is 5.69 Å². The van der Waals surface area contributed by atoms with E-state index in [1.807, 2.05) is 17.0 Å². The number of halogens is 1. The van der Waals surface area contributed by atoms with Crippen LogP contribution in [0, 0.1) is 5.92 Å². The molecule has 1 fully saturated rings. The average molecular weight is 310 g/mol. The predicted octanol–water partition coefficient (Wildman–Crippen LogP) is 1.41. The number of hydrogen-bond acceptors (Lipinski definition) is 3. The van der Waals surface area contributed by atoms with Gasteiger partial charge >= 0.3 is 0 Å². The molecule has 2 aliphatic heterocycles. The molecule has 21 heavy (non-hydrogen) atoms. The van der Waals surface area contributed by atoms with E-state index in [1.165, 1.54) is 0 Å². The minimum Gasteiger partial charge on any atom is -0.338 e. The highest BCUT2D eigenvalue weighted by Gasteiger charge is 2.26. The lowest BCUT2D eigenvalue weighted by Gasteiger charge is -2.20. The van der Waals surface area contributed by atoms with Crippen LogP contribution < -0.4 is 11.1 Å². The number of nitrogens with one attached hydrogen (secondary N) is 1. The number of anilines is 1. The number of nitrogens with zero attached hydrogens (tertiary/aromatic N) is 1. The van der Waals surface area contributed by atoms with Gasteiger partial charge in [0.2, 0.25) is 5.91 Å². The second kappa shape index (κ2) is 6.45. The molecule has 0 spiro atoms. The van der Waals surface area contributed by atoms with Crippen molar-refractivity contribution >= 4 is 29.9 Å². The zero-order valence-electron chi connectivity index (χ0n) is 11.8. The van der Waals surface area contributed by atoms with Crippen LogP contribution in [0.5, 0.6) is 0 Å². The fourth-order valence-corrected chi connectivity index (χ4v) is 2.91. The van der Waals surface area contributed by atoms with Crippen molar-refractivity contribution in [2.75, 3.05) is 25.0 Å². The number of aryl methyl sites for hydroxylation is 1. The maximum Gasteiger partial charge on any atom is 0.253 e. The smallest absolute Gasteiger partial charge is 0.253 e. The highest BCUT2D eigenvalue weighted by atomic mass is 35.5. The van der Waals surface area contributed by atoms with Gasteiger partial charge in [0.1, 0.15) is 0 Å². The Morgan fingerprint density at radius 2 is 2.19 bits per heavy atom. The summed E-state index contributed by atoms with van der Waals surface area (Å²) < 4.78 is 0. The molecule has 6 heteroatoms. The van der Waals surface area contributed by atoms with Crippen molar-refractivity contribution < 1.29 is 9.59 Å². The van der Waals surface area contributed by atoms with Gasteiger partial charge in [0.05, 0.1) is 0 Å². The van der Waals surface area contributed by atoms with Crippen LogP contribution >= 0.6 is 12.4 Å². The average Bonchev–Trinajstić information content (AvgIpc) is 2.95. The molecule has 2 heterocycles. The van der Waals surface area contributed by atoms with E-state index in [0.717, 1.165) is 30.8 Å². The number of amides is 2. The molecule has 1 unspecified atom stereocenters. The highest BCUT2D eigenvalue weighted by molar-refractivity contribution is 5.98. The summed E-state index contributed by atoms with van der Waals surface area (Å²) in [6.07, 6.45) is 2.18. The van der Waals surface area contributed by atoms with Crippen molar-refractivity contribution in [2.45, 2.75) is 19.3 Å². The molecule has 0 aromatic heterocycles. The first kappa shape index (κ1) is 15.8. The van der Waals surface area contributed by atoms with Crippen LogP contribution in [0.2, 0.25) is 0 Å². The summed E-state index contributed by atoms with van der Waals surface area (Å²) in [5.41, 5.74) is 8.25. The summed E-state index contributed by atoms with van der Waals surface area (Å²) in [4.78, 5) is 25.7. The number of rotatable bonds is 2. The summed E-state index contributed by atoms with van der Waals surface area (Å²) in [5, 5.41) is 2.83. The summed E-state index contributed by atoms with van der Waals surface area (Å²) in [5.74, 6) is 0.540. The Balaban J connectivity index is 0.00000161. The first-order chi connectivity index (χ1) is 9.67. The molecule has 2 aliphatic rings. The highest BCUT2D eigenvalue weighted by Crippen LogP contribution is 2.25. The Labute approximate surface area is 130 Å². The van der Waals surface area contributed by atoms with E-state index in [4.69, 9.17) is 5.73 Å². The van der Waals surface area contributed by atoms with Crippen LogP contribution in [-0.4, -0.2) is 36.3 Å². The van der Waals surface area contributed by atoms with Crippen molar-refractivity contribution in [1.29, 1.82) is 0 Å². The number of hydrogen-bond donors (Lipinski definition) is 2. The van der Waals surface area contributed by atoms with Gasteiger partial charge in [0.15, 0.2) is 0 Å². The molecule has 0 radical (unpaired) electrons. The van der Waals surface area contributed by atoms with E-state index in [2.05, 4.69) is 5.32 Å². The summed E-state index contributed by atoms with van der Waals surface area (Å²) >= 11 is 0. The Bertz CT molecular complexity index is 562. The predicted molar refractivity (Wildman–Crippen MR) is 83.7 cm³/mol. The van der Waals surface area contributed by atoms with Crippen molar-refractivity contribution in [2.24, 2.45) is 11.7 Å². The van der Waals surface area contributed by atoms with Gasteiger partial charge in [-0.05, 0) is 49.1 Å². The zero-order valence-corrected chi connectivity index (χ0v) is 12.6. The van der Waals surface area contributed by atoms with E-state index in [1.54, 1.807) is 6.07 Å². The van der Waals surface area contributed by atoms with Crippen LogP contribution in [-0.2, 0) is 11.2 Å². The quantitative estimate of drug-likeness (QED) is 0.867. The molecule has 3 rings (SSSR count). The van der Waals surface area contributed by atoms with Gasteiger partial charge in [-0.2, -0.15) is 0 Å². The molecule has 1 aromatic carbocycles. The van der Waals surface area contributed by atoms with Gasteiger partial charge in [-0.25, -0.2) is 0 Å². The van der Waals surface area contributed by atoms with E-state index in [-0.39, 0.29) is 24.2 Å². The van der Waals surface area contributed by atoms with E-state index >= 15 is 0 Å². The normalized spacial score (nSPS) is 20.5. The lowest BCUT2D eigenvalue weighted by atomic mass is 10.00. The van der Waals surface area contributed by atoms with Crippen molar-refractivity contribution in [3.63, 3.8) is 0 Å². The molecule has 0 bridgehead atoms. The summed E-state index contributed by atoms with van der Waals surface area (Å²) in [6.45, 7) is 2.18. The van der Waals surface area contributed by atoms with Gasteiger partial charge in [0, 0.05) is 30.8 Å². The summed E-state index contributed by atoms with van der Waals surface area (Å²) in [6, 6.07) is 5.53. The van der Waals surface area contributed by atoms with Crippen molar-refractivity contribution in [3.8, 4) is 0 Å². The molecule has 1 saturated heterocycles. The van der Waals surface area contributed by atoms with Gasteiger partial charge in [-0.1, -0.05) is 0 Å². The van der Waals surface area contributed by atoms with Gasteiger partial charge in [0.25, 0.3) is 5.91 Å². The topological polar surface area (TPSA) is 75.4 Å². The maximum absolute atomic E-state index is 12.5. The van der Waals surface area contributed by atoms with Crippen molar-refractivity contribution in [3.05, 3.63) is 29.3 Å². The standard InChI is InChI=1S/C15H19N3O2.ClH/c16-8-10-5-6-18(9-10)15(20)12-1-3-13-11(7-12)2-4-14(19)17-13;/h1,3,7,10H,2,4-6,8-9,16H2,(H,17,19);1H. The molecule has 3 N–H and O–H groups in total. The van der Waals surface area contributed by atoms with E-state index in [9.17, 15) is 9.59 Å². The molecule has 0 saturated carbocycles. The van der Waals surface area contributed by atoms with Crippen molar-refractivity contribution in [1.82, 2.24) is 4.90 Å². The second-order valence-corrected chi connectivity index (χ2v) is 5.56. The maximum atomic E-state index is 12.5. The number of nitrogens with two attached hydrogens (primary N) is 1. The molecular formula is C15H20ClN3O2.